The summed E-state index contributed by atoms with van der Waals surface area (Å²) in [6, 6.07) is 14.2. The summed E-state index contributed by atoms with van der Waals surface area (Å²) in [5, 5.41) is 10.8. The first kappa shape index (κ1) is 22.1. The summed E-state index contributed by atoms with van der Waals surface area (Å²) >= 11 is 0. The van der Waals surface area contributed by atoms with Crippen LogP contribution in [0.1, 0.15) is 136 Å². The predicted octanol–water partition coefficient (Wildman–Crippen LogP) is 9.05. The molecule has 3 aliphatic carbocycles. The highest BCUT2D eigenvalue weighted by atomic mass is 16.3. The van der Waals surface area contributed by atoms with Gasteiger partial charge in [-0.05, 0) is 91.2 Å². The van der Waals surface area contributed by atoms with Crippen molar-refractivity contribution in [3.63, 3.8) is 0 Å². The van der Waals surface area contributed by atoms with E-state index in [1.807, 2.05) is 6.07 Å². The summed E-state index contributed by atoms with van der Waals surface area (Å²) in [6.07, 6.45) is 19.8. The Hall–Kier alpha value is -1.76. The summed E-state index contributed by atoms with van der Waals surface area (Å²) < 4.78 is 0. The number of aromatic hydroxyl groups is 1. The highest BCUT2D eigenvalue weighted by Gasteiger charge is 2.37. The molecule has 2 aromatic rings. The van der Waals surface area contributed by atoms with Gasteiger partial charge in [-0.25, -0.2) is 0 Å². The maximum absolute atomic E-state index is 10.8. The molecule has 172 valence electrons. The molecule has 2 aromatic carbocycles. The van der Waals surface area contributed by atoms with Crippen LogP contribution in [0.2, 0.25) is 0 Å². The van der Waals surface area contributed by atoms with E-state index in [2.05, 4.69) is 37.3 Å². The highest BCUT2D eigenvalue weighted by Crippen LogP contribution is 2.48. The van der Waals surface area contributed by atoms with E-state index in [1.165, 1.54) is 113 Å². The number of rotatable bonds is 4. The fraction of sp³-hybridized carbons (Fsp3) is 0.613. The van der Waals surface area contributed by atoms with E-state index in [0.29, 0.717) is 11.7 Å². The summed E-state index contributed by atoms with van der Waals surface area (Å²) in [5.74, 6) is 1.82. The van der Waals surface area contributed by atoms with Crippen LogP contribution >= 0.6 is 0 Å². The molecule has 0 radical (unpaired) electrons. The van der Waals surface area contributed by atoms with Crippen LogP contribution in [0, 0.1) is 6.92 Å². The topological polar surface area (TPSA) is 20.2 Å². The quantitative estimate of drug-likeness (QED) is 0.513. The van der Waals surface area contributed by atoms with Gasteiger partial charge in [0, 0.05) is 5.41 Å². The Morgan fingerprint density at radius 2 is 1.12 bits per heavy atom. The second-order valence-corrected chi connectivity index (χ2v) is 11.2. The van der Waals surface area contributed by atoms with Gasteiger partial charge < -0.3 is 5.11 Å². The van der Waals surface area contributed by atoms with Crippen LogP contribution in [0.3, 0.4) is 0 Å². The first-order chi connectivity index (χ1) is 15.7. The molecule has 3 aliphatic rings. The molecular formula is C31H42O. The Labute approximate surface area is 195 Å². The zero-order valence-electron chi connectivity index (χ0n) is 20.2. The van der Waals surface area contributed by atoms with Crippen molar-refractivity contribution >= 4 is 0 Å². The van der Waals surface area contributed by atoms with E-state index < -0.39 is 0 Å². The third kappa shape index (κ3) is 4.25. The smallest absolute Gasteiger partial charge is 0.119 e. The van der Waals surface area contributed by atoms with Crippen molar-refractivity contribution in [2.24, 2.45) is 0 Å². The minimum atomic E-state index is 0.118. The number of hydrogen-bond acceptors (Lipinski definition) is 1. The first-order valence-corrected chi connectivity index (χ1v) is 13.6. The van der Waals surface area contributed by atoms with Crippen molar-refractivity contribution in [3.8, 4) is 5.75 Å². The highest BCUT2D eigenvalue weighted by molar-refractivity contribution is 5.49. The fourth-order valence-electron chi connectivity index (χ4n) is 7.28. The molecule has 32 heavy (non-hydrogen) atoms. The molecular weight excluding hydrogens is 388 g/mol. The normalized spacial score (nSPS) is 22.7. The van der Waals surface area contributed by atoms with Crippen LogP contribution < -0.4 is 0 Å². The third-order valence-electron chi connectivity index (χ3n) is 9.21. The average Bonchev–Trinajstić information content (AvgIpc) is 2.86. The molecule has 1 nitrogen and oxygen atoms in total. The Morgan fingerprint density at radius 3 is 1.75 bits per heavy atom. The number of phenols is 1. The van der Waals surface area contributed by atoms with Crippen molar-refractivity contribution in [2.45, 2.75) is 120 Å². The fourth-order valence-corrected chi connectivity index (χ4v) is 7.28. The van der Waals surface area contributed by atoms with E-state index in [1.54, 1.807) is 11.1 Å². The minimum absolute atomic E-state index is 0.118. The molecule has 0 heterocycles. The van der Waals surface area contributed by atoms with Gasteiger partial charge in [-0.2, -0.15) is 0 Å². The Kier molecular flexibility index (Phi) is 6.63. The third-order valence-corrected chi connectivity index (χ3v) is 9.21. The second kappa shape index (κ2) is 9.62. The summed E-state index contributed by atoms with van der Waals surface area (Å²) in [7, 11) is 0. The van der Waals surface area contributed by atoms with E-state index in [4.69, 9.17) is 0 Å². The van der Waals surface area contributed by atoms with Crippen LogP contribution in [0.5, 0.6) is 5.75 Å². The van der Waals surface area contributed by atoms with Gasteiger partial charge in [0.25, 0.3) is 0 Å². The molecule has 0 aliphatic heterocycles. The van der Waals surface area contributed by atoms with Crippen molar-refractivity contribution in [3.05, 3.63) is 64.2 Å². The minimum Gasteiger partial charge on any atom is -0.508 e. The number of phenolic OH excluding ortho intramolecular Hbond substituents is 1. The van der Waals surface area contributed by atoms with Crippen LogP contribution in [-0.4, -0.2) is 5.11 Å². The summed E-state index contributed by atoms with van der Waals surface area (Å²) in [4.78, 5) is 0. The van der Waals surface area contributed by atoms with Gasteiger partial charge in [0.1, 0.15) is 5.75 Å². The molecule has 3 fully saturated rings. The molecule has 1 heteroatoms. The van der Waals surface area contributed by atoms with Gasteiger partial charge in [0.15, 0.2) is 0 Å². The Morgan fingerprint density at radius 1 is 0.625 bits per heavy atom. The molecule has 0 saturated heterocycles. The zero-order valence-corrected chi connectivity index (χ0v) is 20.2. The van der Waals surface area contributed by atoms with Gasteiger partial charge in [-0.1, -0.05) is 88.1 Å². The molecule has 0 atom stereocenters. The van der Waals surface area contributed by atoms with Crippen molar-refractivity contribution in [1.29, 1.82) is 0 Å². The number of hydrogen-bond donors (Lipinski definition) is 1. The van der Waals surface area contributed by atoms with Gasteiger partial charge >= 0.3 is 0 Å². The monoisotopic (exact) mass is 430 g/mol. The summed E-state index contributed by atoms with van der Waals surface area (Å²) in [6.45, 7) is 2.32. The maximum Gasteiger partial charge on any atom is 0.119 e. The average molecular weight is 431 g/mol. The van der Waals surface area contributed by atoms with Gasteiger partial charge in [-0.15, -0.1) is 0 Å². The lowest BCUT2D eigenvalue weighted by Gasteiger charge is -2.40. The number of aryl methyl sites for hydroxylation is 1. The Balaban J connectivity index is 1.56. The van der Waals surface area contributed by atoms with Crippen molar-refractivity contribution < 1.29 is 5.11 Å². The second-order valence-electron chi connectivity index (χ2n) is 11.2. The number of benzene rings is 2. The van der Waals surface area contributed by atoms with Gasteiger partial charge in [0.05, 0.1) is 0 Å². The maximum atomic E-state index is 10.8. The van der Waals surface area contributed by atoms with Crippen LogP contribution in [0.15, 0.2) is 36.4 Å². The molecule has 3 saturated carbocycles. The standard InChI is InChI=1S/C31H42O/c1-23-15-16-26(21-28(23)24-11-5-2-6-12-24)31(19-9-4-10-20-31)27-17-18-30(32)29(22-27)25-13-7-3-8-14-25/h15-18,21-22,24-25,32H,2-14,19-20H2,1H3. The van der Waals surface area contributed by atoms with Crippen molar-refractivity contribution in [2.75, 3.05) is 0 Å². The first-order valence-electron chi connectivity index (χ1n) is 13.6. The molecule has 1 N–H and O–H groups in total. The lowest BCUT2D eigenvalue weighted by molar-refractivity contribution is 0.343. The molecule has 0 unspecified atom stereocenters. The molecule has 0 aromatic heterocycles. The van der Waals surface area contributed by atoms with Crippen LogP contribution in [0.25, 0.3) is 0 Å². The van der Waals surface area contributed by atoms with Crippen LogP contribution in [-0.2, 0) is 5.41 Å². The van der Waals surface area contributed by atoms with E-state index in [9.17, 15) is 5.11 Å². The molecule has 0 bridgehead atoms. The molecule has 0 amide bonds. The SMILES string of the molecule is Cc1ccc(C2(c3ccc(O)c(C4CCCCC4)c3)CCCCC2)cc1C1CCCCC1. The molecule has 0 spiro atoms. The Bertz CT molecular complexity index is 839. The molecule has 5 rings (SSSR count). The predicted molar refractivity (Wildman–Crippen MR) is 135 cm³/mol. The van der Waals surface area contributed by atoms with Crippen molar-refractivity contribution in [1.82, 2.24) is 0 Å². The largest absolute Gasteiger partial charge is 0.508 e. The van der Waals surface area contributed by atoms with Gasteiger partial charge in [0.2, 0.25) is 0 Å². The van der Waals surface area contributed by atoms with E-state index in [-0.39, 0.29) is 5.41 Å². The zero-order chi connectivity index (χ0) is 22.0. The van der Waals surface area contributed by atoms with E-state index in [0.717, 1.165) is 5.92 Å². The lowest BCUT2D eigenvalue weighted by Crippen LogP contribution is -2.31. The van der Waals surface area contributed by atoms with Crippen LogP contribution in [0.4, 0.5) is 0 Å². The van der Waals surface area contributed by atoms with Gasteiger partial charge in [-0.3, -0.25) is 0 Å². The van der Waals surface area contributed by atoms with E-state index >= 15 is 0 Å². The lowest BCUT2D eigenvalue weighted by atomic mass is 9.64. The summed E-state index contributed by atoms with van der Waals surface area (Å²) in [5.41, 5.74) is 7.47.